The zero-order chi connectivity index (χ0) is 16.7. The molecule has 12 nitrogen and oxygen atoms in total. The minimum absolute atomic E-state index is 0.188. The van der Waals surface area contributed by atoms with Crippen LogP contribution in [0.3, 0.4) is 0 Å². The van der Waals surface area contributed by atoms with Crippen LogP contribution in [0.5, 0.6) is 0 Å². The summed E-state index contributed by atoms with van der Waals surface area (Å²) in [5.41, 5.74) is 6.91. The number of fused-ring (bicyclic) bond motifs is 1. The molecule has 6 N–H and O–H groups in total. The average Bonchev–Trinajstić information content (AvgIpc) is 3.13. The predicted molar refractivity (Wildman–Crippen MR) is 82.8 cm³/mol. The number of aromatic amines is 1. The third kappa shape index (κ3) is 4.03. The van der Waals surface area contributed by atoms with Crippen LogP contribution in [-0.4, -0.2) is 59.4 Å². The summed E-state index contributed by atoms with van der Waals surface area (Å²) in [4.78, 5) is 27.6. The third-order valence-electron chi connectivity index (χ3n) is 2.71. The van der Waals surface area contributed by atoms with Gasteiger partial charge in [0.05, 0.1) is 6.33 Å². The molecule has 0 aliphatic carbocycles. The highest BCUT2D eigenvalue weighted by atomic mass is 16.3. The molecule has 0 bridgehead atoms. The molecular weight excluding hydrogens is 304 g/mol. The number of carboxylic acid groups (broad SMARTS) is 1. The quantitative estimate of drug-likeness (QED) is 0.298. The average molecular weight is 320 g/mol. The van der Waals surface area contributed by atoms with Crippen LogP contribution < -0.4 is 16.4 Å². The van der Waals surface area contributed by atoms with Crippen LogP contribution in [0, 0.1) is 0 Å². The van der Waals surface area contributed by atoms with Crippen molar-refractivity contribution in [2.24, 2.45) is 7.05 Å². The van der Waals surface area contributed by atoms with Crippen LogP contribution in [0.25, 0.3) is 11.2 Å². The summed E-state index contributed by atoms with van der Waals surface area (Å²) in [6.07, 6.45) is 3.05. The van der Waals surface area contributed by atoms with E-state index in [1.165, 1.54) is 6.33 Å². The van der Waals surface area contributed by atoms with Gasteiger partial charge in [-0.25, -0.2) is 9.67 Å². The lowest BCUT2D eigenvalue weighted by atomic mass is 10.4. The fraction of sp³-hybridized carbons (Fsp3) is 0.273. The lowest BCUT2D eigenvalue weighted by molar-refractivity contribution is -0.122. The maximum atomic E-state index is 8.36. The van der Waals surface area contributed by atoms with Crippen molar-refractivity contribution < 1.29 is 9.90 Å². The van der Waals surface area contributed by atoms with E-state index < -0.39 is 0 Å². The monoisotopic (exact) mass is 320 g/mol. The van der Waals surface area contributed by atoms with Crippen LogP contribution in [0.15, 0.2) is 12.7 Å². The van der Waals surface area contributed by atoms with E-state index in [0.717, 1.165) is 5.52 Å². The van der Waals surface area contributed by atoms with Gasteiger partial charge < -0.3 is 26.5 Å². The maximum absolute atomic E-state index is 8.36. The van der Waals surface area contributed by atoms with Crippen molar-refractivity contribution in [3.05, 3.63) is 12.7 Å². The number of aromatic nitrogens is 7. The van der Waals surface area contributed by atoms with Crippen LogP contribution in [-0.2, 0) is 11.8 Å². The van der Waals surface area contributed by atoms with Crippen molar-refractivity contribution in [3.8, 4) is 0 Å². The molecule has 3 aromatic rings. The molecule has 3 rings (SSSR count). The topological polar surface area (TPSA) is 173 Å². The van der Waals surface area contributed by atoms with Gasteiger partial charge in [0.25, 0.3) is 6.47 Å². The third-order valence-corrected chi connectivity index (χ3v) is 2.71. The number of hydrogen-bond acceptors (Lipinski definition) is 9. The molecule has 0 aromatic carbocycles. The second-order valence-electron chi connectivity index (χ2n) is 4.20. The Morgan fingerprint density at radius 1 is 1.35 bits per heavy atom. The second-order valence-corrected chi connectivity index (χ2v) is 4.20. The number of carbonyl (C=O) groups is 1. The molecule has 0 atom stereocenters. The van der Waals surface area contributed by atoms with Crippen molar-refractivity contribution in [1.29, 1.82) is 0 Å². The van der Waals surface area contributed by atoms with Gasteiger partial charge in [0.15, 0.2) is 11.5 Å². The zero-order valence-corrected chi connectivity index (χ0v) is 12.3. The Morgan fingerprint density at radius 2 is 2.09 bits per heavy atom. The van der Waals surface area contributed by atoms with E-state index in [1.807, 2.05) is 7.05 Å². The van der Waals surface area contributed by atoms with Crippen molar-refractivity contribution >= 4 is 35.4 Å². The van der Waals surface area contributed by atoms with E-state index in [2.05, 4.69) is 40.7 Å². The van der Waals surface area contributed by atoms with Gasteiger partial charge >= 0.3 is 0 Å². The molecule has 3 aromatic heterocycles. The summed E-state index contributed by atoms with van der Waals surface area (Å²) in [5, 5.41) is 17.2. The molecule has 12 heteroatoms. The SMILES string of the molecule is Cn1ncnc1NCCNc1nc(N)nc2nc[nH]c12.O=CO. The smallest absolute Gasteiger partial charge is 0.290 e. The molecule has 0 unspecified atom stereocenters. The van der Waals surface area contributed by atoms with Gasteiger partial charge in [-0.05, 0) is 0 Å². The largest absolute Gasteiger partial charge is 0.483 e. The van der Waals surface area contributed by atoms with E-state index >= 15 is 0 Å². The van der Waals surface area contributed by atoms with Crippen molar-refractivity contribution in [2.75, 3.05) is 29.5 Å². The van der Waals surface area contributed by atoms with Gasteiger partial charge in [0.2, 0.25) is 11.9 Å². The molecule has 0 radical (unpaired) electrons. The van der Waals surface area contributed by atoms with E-state index in [0.29, 0.717) is 30.5 Å². The number of imidazole rings is 1. The molecule has 3 heterocycles. The highest BCUT2D eigenvalue weighted by Gasteiger charge is 2.07. The molecule has 0 aliphatic rings. The first-order valence-corrected chi connectivity index (χ1v) is 6.52. The number of H-pyrrole nitrogens is 1. The molecule has 0 saturated carbocycles. The van der Waals surface area contributed by atoms with E-state index in [1.54, 1.807) is 11.0 Å². The minimum Gasteiger partial charge on any atom is -0.483 e. The molecular formula is C11H16N10O2. The summed E-state index contributed by atoms with van der Waals surface area (Å²) in [6, 6.07) is 0. The summed E-state index contributed by atoms with van der Waals surface area (Å²) in [5.74, 6) is 1.53. The number of nitrogens with zero attached hydrogens (tertiary/aromatic N) is 6. The first-order valence-electron chi connectivity index (χ1n) is 6.52. The fourth-order valence-electron chi connectivity index (χ4n) is 1.79. The Balaban J connectivity index is 0.000000595. The predicted octanol–water partition coefficient (Wildman–Crippen LogP) is -0.712. The Morgan fingerprint density at radius 3 is 2.78 bits per heavy atom. The van der Waals surface area contributed by atoms with Crippen molar-refractivity contribution in [2.45, 2.75) is 0 Å². The Hall–Kier alpha value is -3.44. The summed E-state index contributed by atoms with van der Waals surface area (Å²) in [6.45, 7) is 1.05. The van der Waals surface area contributed by atoms with Crippen LogP contribution in [0.2, 0.25) is 0 Å². The standard InChI is InChI=1S/C10H14N10.CH2O2/c1-20-10(16-5-17-20)13-3-2-12-7-6-8(15-4-14-6)19-9(11)18-7;2-1-3/h4-5H,2-3H2,1H3,(H,13,16,17)(H4,11,12,14,15,18,19);1H,(H,2,3). The number of nitrogens with one attached hydrogen (secondary N) is 3. The Kier molecular flexibility index (Phi) is 5.22. The van der Waals surface area contributed by atoms with Gasteiger partial charge in [0, 0.05) is 20.1 Å². The number of rotatable bonds is 5. The first-order chi connectivity index (χ1) is 11.2. The molecule has 23 heavy (non-hydrogen) atoms. The maximum Gasteiger partial charge on any atom is 0.290 e. The van der Waals surface area contributed by atoms with E-state index in [-0.39, 0.29) is 12.4 Å². The van der Waals surface area contributed by atoms with Gasteiger partial charge in [-0.15, -0.1) is 0 Å². The molecule has 0 amide bonds. The van der Waals surface area contributed by atoms with Gasteiger partial charge in [-0.1, -0.05) is 0 Å². The summed E-state index contributed by atoms with van der Waals surface area (Å²) < 4.78 is 1.66. The number of nitrogen functional groups attached to an aromatic ring is 1. The Bertz CT molecular complexity index is 767. The molecule has 0 saturated heterocycles. The van der Waals surface area contributed by atoms with Crippen molar-refractivity contribution in [1.82, 2.24) is 34.7 Å². The number of anilines is 3. The highest BCUT2D eigenvalue weighted by molar-refractivity contribution is 5.83. The highest BCUT2D eigenvalue weighted by Crippen LogP contribution is 2.16. The van der Waals surface area contributed by atoms with Crippen LogP contribution in [0.1, 0.15) is 0 Å². The lowest BCUT2D eigenvalue weighted by Gasteiger charge is -2.08. The molecule has 0 aliphatic heterocycles. The van der Waals surface area contributed by atoms with Gasteiger partial charge in [0.1, 0.15) is 11.8 Å². The molecule has 122 valence electrons. The van der Waals surface area contributed by atoms with Gasteiger partial charge in [-0.3, -0.25) is 4.79 Å². The molecule has 0 fully saturated rings. The fourth-order valence-corrected chi connectivity index (χ4v) is 1.79. The zero-order valence-electron chi connectivity index (χ0n) is 12.3. The van der Waals surface area contributed by atoms with Gasteiger partial charge in [-0.2, -0.15) is 20.1 Å². The molecule has 0 spiro atoms. The first kappa shape index (κ1) is 15.9. The lowest BCUT2D eigenvalue weighted by Crippen LogP contribution is -2.17. The Labute approximate surface area is 130 Å². The summed E-state index contributed by atoms with van der Waals surface area (Å²) >= 11 is 0. The number of aryl methyl sites for hydroxylation is 1. The van der Waals surface area contributed by atoms with E-state index in [9.17, 15) is 0 Å². The second kappa shape index (κ2) is 7.53. The minimum atomic E-state index is -0.250. The van der Waals surface area contributed by atoms with E-state index in [4.69, 9.17) is 15.6 Å². The number of hydrogen-bond donors (Lipinski definition) is 5. The van der Waals surface area contributed by atoms with Crippen molar-refractivity contribution in [3.63, 3.8) is 0 Å². The normalized spacial score (nSPS) is 9.96. The number of nitrogens with two attached hydrogens (primary N) is 1. The van der Waals surface area contributed by atoms with Crippen LogP contribution >= 0.6 is 0 Å². The summed E-state index contributed by atoms with van der Waals surface area (Å²) in [7, 11) is 1.82. The van der Waals surface area contributed by atoms with Crippen LogP contribution in [0.4, 0.5) is 17.7 Å².